The molecule has 100 valence electrons. The van der Waals surface area contributed by atoms with E-state index in [2.05, 4.69) is 10.2 Å². The van der Waals surface area contributed by atoms with Gasteiger partial charge in [-0.3, -0.25) is 4.79 Å². The Balaban J connectivity index is 2.59. The second-order valence-electron chi connectivity index (χ2n) is 4.95. The molecule has 0 aliphatic carbocycles. The summed E-state index contributed by atoms with van der Waals surface area (Å²) in [6.45, 7) is 4.90. The minimum absolute atomic E-state index is 0.105. The number of halogens is 1. The molecule has 1 N–H and O–H groups in total. The molecule has 1 amide bonds. The van der Waals surface area contributed by atoms with E-state index in [1.807, 2.05) is 34.0 Å². The highest BCUT2D eigenvalue weighted by Crippen LogP contribution is 2.17. The minimum Gasteiger partial charge on any atom is -0.349 e. The summed E-state index contributed by atoms with van der Waals surface area (Å²) in [5.41, 5.74) is 1.59. The molecule has 0 fully saturated rings. The first-order chi connectivity index (χ1) is 8.40. The predicted octanol–water partition coefficient (Wildman–Crippen LogP) is 2.72. The van der Waals surface area contributed by atoms with Crippen molar-refractivity contribution in [2.24, 2.45) is 0 Å². The standard InChI is InChI=1S/C14H21ClN2O/c1-10-5-6-12(13(15)9-10)14(18)16-11(2)7-8-17(3)4/h5-6,9,11H,7-8H2,1-4H3,(H,16,18). The fraction of sp³-hybridized carbons (Fsp3) is 0.500. The van der Waals surface area contributed by atoms with Crippen LogP contribution < -0.4 is 5.32 Å². The Morgan fingerprint density at radius 3 is 2.67 bits per heavy atom. The SMILES string of the molecule is Cc1ccc(C(=O)NC(C)CCN(C)C)c(Cl)c1. The third kappa shape index (κ3) is 4.67. The maximum atomic E-state index is 12.0. The Morgan fingerprint density at radius 2 is 2.11 bits per heavy atom. The van der Waals surface area contributed by atoms with Crippen LogP contribution in [0, 0.1) is 6.92 Å². The van der Waals surface area contributed by atoms with Crippen molar-refractivity contribution < 1.29 is 4.79 Å². The van der Waals surface area contributed by atoms with Crippen LogP contribution in [0.5, 0.6) is 0 Å². The van der Waals surface area contributed by atoms with Gasteiger partial charge in [-0.25, -0.2) is 0 Å². The van der Waals surface area contributed by atoms with Crippen molar-refractivity contribution in [1.82, 2.24) is 10.2 Å². The maximum absolute atomic E-state index is 12.0. The molecular formula is C14H21ClN2O. The van der Waals surface area contributed by atoms with Gasteiger partial charge in [0.2, 0.25) is 0 Å². The molecule has 0 aliphatic rings. The molecule has 0 spiro atoms. The van der Waals surface area contributed by atoms with Gasteiger partial charge in [-0.05, 0) is 58.6 Å². The van der Waals surface area contributed by atoms with Crippen molar-refractivity contribution >= 4 is 17.5 Å². The third-order valence-corrected chi connectivity index (χ3v) is 3.07. The summed E-state index contributed by atoms with van der Waals surface area (Å²) >= 11 is 6.07. The average molecular weight is 269 g/mol. The van der Waals surface area contributed by atoms with Crippen molar-refractivity contribution in [2.45, 2.75) is 26.3 Å². The molecule has 0 radical (unpaired) electrons. The van der Waals surface area contributed by atoms with Crippen LogP contribution >= 0.6 is 11.6 Å². The van der Waals surface area contributed by atoms with Gasteiger partial charge in [0.25, 0.3) is 5.91 Å². The number of rotatable bonds is 5. The first-order valence-corrected chi connectivity index (χ1v) is 6.49. The van der Waals surface area contributed by atoms with Crippen LogP contribution in [0.25, 0.3) is 0 Å². The van der Waals surface area contributed by atoms with Gasteiger partial charge in [-0.15, -0.1) is 0 Å². The summed E-state index contributed by atoms with van der Waals surface area (Å²) in [4.78, 5) is 14.1. The highest BCUT2D eigenvalue weighted by molar-refractivity contribution is 6.33. The van der Waals surface area contributed by atoms with Gasteiger partial charge in [0.15, 0.2) is 0 Å². The summed E-state index contributed by atoms with van der Waals surface area (Å²) < 4.78 is 0. The van der Waals surface area contributed by atoms with Crippen molar-refractivity contribution in [1.29, 1.82) is 0 Å². The number of aryl methyl sites for hydroxylation is 1. The maximum Gasteiger partial charge on any atom is 0.252 e. The number of hydrogen-bond acceptors (Lipinski definition) is 2. The Labute approximate surface area is 114 Å². The lowest BCUT2D eigenvalue weighted by atomic mass is 10.1. The molecule has 0 aromatic heterocycles. The monoisotopic (exact) mass is 268 g/mol. The number of carbonyl (C=O) groups is 1. The van der Waals surface area contributed by atoms with Crippen molar-refractivity contribution in [3.63, 3.8) is 0 Å². The molecular weight excluding hydrogens is 248 g/mol. The smallest absolute Gasteiger partial charge is 0.252 e. The fourth-order valence-electron chi connectivity index (χ4n) is 1.63. The molecule has 18 heavy (non-hydrogen) atoms. The molecule has 0 saturated carbocycles. The number of benzene rings is 1. The highest BCUT2D eigenvalue weighted by Gasteiger charge is 2.13. The number of amides is 1. The van der Waals surface area contributed by atoms with Crippen molar-refractivity contribution in [3.05, 3.63) is 34.3 Å². The number of carbonyl (C=O) groups excluding carboxylic acids is 1. The molecule has 0 bridgehead atoms. The second kappa shape index (κ2) is 6.76. The van der Waals surface area contributed by atoms with Gasteiger partial charge in [0, 0.05) is 6.04 Å². The zero-order chi connectivity index (χ0) is 13.7. The van der Waals surface area contributed by atoms with E-state index >= 15 is 0 Å². The van der Waals surface area contributed by atoms with Crippen LogP contribution in [-0.4, -0.2) is 37.5 Å². The van der Waals surface area contributed by atoms with E-state index in [4.69, 9.17) is 11.6 Å². The molecule has 1 aromatic rings. The van der Waals surface area contributed by atoms with E-state index in [1.165, 1.54) is 0 Å². The number of nitrogens with zero attached hydrogens (tertiary/aromatic N) is 1. The van der Waals surface area contributed by atoms with Gasteiger partial charge in [-0.2, -0.15) is 0 Å². The molecule has 4 heteroatoms. The van der Waals surface area contributed by atoms with E-state index in [0.29, 0.717) is 10.6 Å². The molecule has 0 saturated heterocycles. The average Bonchev–Trinajstić information content (AvgIpc) is 2.26. The third-order valence-electron chi connectivity index (χ3n) is 2.76. The van der Waals surface area contributed by atoms with Gasteiger partial charge in [-0.1, -0.05) is 17.7 Å². The topological polar surface area (TPSA) is 32.3 Å². The fourth-order valence-corrected chi connectivity index (χ4v) is 1.95. The van der Waals surface area contributed by atoms with Gasteiger partial charge >= 0.3 is 0 Å². The van der Waals surface area contributed by atoms with Crippen LogP contribution in [-0.2, 0) is 0 Å². The zero-order valence-electron chi connectivity index (χ0n) is 11.5. The van der Waals surface area contributed by atoms with E-state index < -0.39 is 0 Å². The molecule has 1 atom stereocenters. The van der Waals surface area contributed by atoms with Crippen LogP contribution in [0.4, 0.5) is 0 Å². The summed E-state index contributed by atoms with van der Waals surface area (Å²) in [5, 5.41) is 3.47. The van der Waals surface area contributed by atoms with Crippen LogP contribution in [0.2, 0.25) is 5.02 Å². The Morgan fingerprint density at radius 1 is 1.44 bits per heavy atom. The van der Waals surface area contributed by atoms with Gasteiger partial charge in [0.05, 0.1) is 10.6 Å². The second-order valence-corrected chi connectivity index (χ2v) is 5.36. The molecule has 1 rings (SSSR count). The molecule has 0 heterocycles. The van der Waals surface area contributed by atoms with E-state index in [1.54, 1.807) is 12.1 Å². The van der Waals surface area contributed by atoms with Crippen molar-refractivity contribution in [3.8, 4) is 0 Å². The largest absolute Gasteiger partial charge is 0.349 e. The number of hydrogen-bond donors (Lipinski definition) is 1. The van der Waals surface area contributed by atoms with Crippen molar-refractivity contribution in [2.75, 3.05) is 20.6 Å². The molecule has 0 aliphatic heterocycles. The lowest BCUT2D eigenvalue weighted by Gasteiger charge is -2.17. The molecule has 3 nitrogen and oxygen atoms in total. The number of nitrogens with one attached hydrogen (secondary N) is 1. The van der Waals surface area contributed by atoms with E-state index in [-0.39, 0.29) is 11.9 Å². The lowest BCUT2D eigenvalue weighted by Crippen LogP contribution is -2.34. The van der Waals surface area contributed by atoms with E-state index in [0.717, 1.165) is 18.5 Å². The summed E-state index contributed by atoms with van der Waals surface area (Å²) in [6, 6.07) is 5.61. The van der Waals surface area contributed by atoms with Gasteiger partial charge in [0.1, 0.15) is 0 Å². The van der Waals surface area contributed by atoms with Crippen LogP contribution in [0.1, 0.15) is 29.3 Å². The Hall–Kier alpha value is -1.06. The Kier molecular flexibility index (Phi) is 5.63. The molecule has 1 aromatic carbocycles. The van der Waals surface area contributed by atoms with Crippen LogP contribution in [0.15, 0.2) is 18.2 Å². The van der Waals surface area contributed by atoms with E-state index in [9.17, 15) is 4.79 Å². The summed E-state index contributed by atoms with van der Waals surface area (Å²) in [6.07, 6.45) is 0.919. The lowest BCUT2D eigenvalue weighted by molar-refractivity contribution is 0.0937. The summed E-state index contributed by atoms with van der Waals surface area (Å²) in [7, 11) is 4.04. The molecule has 1 unspecified atom stereocenters. The normalized spacial score (nSPS) is 12.6. The first-order valence-electron chi connectivity index (χ1n) is 6.12. The minimum atomic E-state index is -0.105. The Bertz CT molecular complexity index is 418. The predicted molar refractivity (Wildman–Crippen MR) is 76.3 cm³/mol. The highest BCUT2D eigenvalue weighted by atomic mass is 35.5. The summed E-state index contributed by atoms with van der Waals surface area (Å²) in [5.74, 6) is -0.105. The van der Waals surface area contributed by atoms with Gasteiger partial charge < -0.3 is 10.2 Å². The quantitative estimate of drug-likeness (QED) is 0.891. The first kappa shape index (κ1) is 15.0. The zero-order valence-corrected chi connectivity index (χ0v) is 12.2. The van der Waals surface area contributed by atoms with Crippen LogP contribution in [0.3, 0.4) is 0 Å².